The van der Waals surface area contributed by atoms with Gasteiger partial charge in [0.15, 0.2) is 5.69 Å². The Morgan fingerprint density at radius 2 is 1.94 bits per heavy atom. The van der Waals surface area contributed by atoms with E-state index in [0.29, 0.717) is 0 Å². The molecule has 0 bridgehead atoms. The molecule has 1 amide bonds. The van der Waals surface area contributed by atoms with Crippen LogP contribution in [0.25, 0.3) is 0 Å². The van der Waals surface area contributed by atoms with Gasteiger partial charge in [0.25, 0.3) is 5.91 Å². The van der Waals surface area contributed by atoms with E-state index in [1.54, 1.807) is 6.07 Å². The van der Waals surface area contributed by atoms with Gasteiger partial charge in [-0.15, -0.1) is 10.2 Å². The molecule has 0 radical (unpaired) electrons. The van der Waals surface area contributed by atoms with Gasteiger partial charge in [0.05, 0.1) is 5.69 Å². The van der Waals surface area contributed by atoms with E-state index in [1.165, 1.54) is 30.3 Å². The van der Waals surface area contributed by atoms with Gasteiger partial charge in [-0.1, -0.05) is 12.1 Å². The van der Waals surface area contributed by atoms with Crippen molar-refractivity contribution in [1.29, 1.82) is 0 Å². The second-order valence-electron chi connectivity index (χ2n) is 3.28. The standard InChI is InChI=1S/C11H9FN4O/c12-7-3-1-2-4-8(7)14-11(17)9-5-6-10(13)16-15-9/h1-6H,(H2,13,16)(H,14,17). The van der Waals surface area contributed by atoms with Crippen molar-refractivity contribution in [2.75, 3.05) is 11.1 Å². The Bertz CT molecular complexity index is 541. The third kappa shape index (κ3) is 2.54. The molecule has 0 unspecified atom stereocenters. The lowest BCUT2D eigenvalue weighted by Gasteiger charge is -2.04. The summed E-state index contributed by atoms with van der Waals surface area (Å²) in [5.74, 6) is -0.834. The molecule has 3 N–H and O–H groups in total. The number of nitrogens with one attached hydrogen (secondary N) is 1. The summed E-state index contributed by atoms with van der Waals surface area (Å²) in [5.41, 5.74) is 5.50. The number of amides is 1. The molecule has 1 aromatic carbocycles. The third-order valence-corrected chi connectivity index (χ3v) is 2.04. The van der Waals surface area contributed by atoms with Gasteiger partial charge in [0, 0.05) is 0 Å². The number of rotatable bonds is 2. The first kappa shape index (κ1) is 11.0. The lowest BCUT2D eigenvalue weighted by atomic mass is 10.3. The number of hydrogen-bond donors (Lipinski definition) is 2. The van der Waals surface area contributed by atoms with Gasteiger partial charge in [-0.05, 0) is 24.3 Å². The monoisotopic (exact) mass is 232 g/mol. The molecule has 0 aliphatic rings. The summed E-state index contributed by atoms with van der Waals surface area (Å²) in [4.78, 5) is 11.7. The summed E-state index contributed by atoms with van der Waals surface area (Å²) < 4.78 is 13.3. The van der Waals surface area contributed by atoms with Gasteiger partial charge in [-0.3, -0.25) is 4.79 Å². The fourth-order valence-electron chi connectivity index (χ4n) is 1.21. The Balaban J connectivity index is 2.17. The zero-order valence-electron chi connectivity index (χ0n) is 8.72. The van der Waals surface area contributed by atoms with Crippen LogP contribution in [0, 0.1) is 5.82 Å². The molecule has 0 aliphatic heterocycles. The van der Waals surface area contributed by atoms with Gasteiger partial charge in [0.2, 0.25) is 0 Å². The fraction of sp³-hybridized carbons (Fsp3) is 0. The van der Waals surface area contributed by atoms with Crippen LogP contribution in [0.2, 0.25) is 0 Å². The minimum Gasteiger partial charge on any atom is -0.382 e. The Kier molecular flexibility index (Phi) is 2.95. The molecule has 6 heteroatoms. The van der Waals surface area contributed by atoms with Crippen LogP contribution in [-0.4, -0.2) is 16.1 Å². The molecule has 17 heavy (non-hydrogen) atoms. The average Bonchev–Trinajstić information content (AvgIpc) is 2.33. The number of halogens is 1. The van der Waals surface area contributed by atoms with Crippen LogP contribution >= 0.6 is 0 Å². The van der Waals surface area contributed by atoms with Crippen molar-refractivity contribution < 1.29 is 9.18 Å². The highest BCUT2D eigenvalue weighted by Gasteiger charge is 2.10. The van der Waals surface area contributed by atoms with Crippen molar-refractivity contribution in [2.24, 2.45) is 0 Å². The largest absolute Gasteiger partial charge is 0.382 e. The minimum absolute atomic E-state index is 0.0717. The summed E-state index contributed by atoms with van der Waals surface area (Å²) in [5, 5.41) is 9.52. The van der Waals surface area contributed by atoms with Gasteiger partial charge in [-0.2, -0.15) is 0 Å². The number of para-hydroxylation sites is 1. The summed E-state index contributed by atoms with van der Waals surface area (Å²) in [6.07, 6.45) is 0. The summed E-state index contributed by atoms with van der Waals surface area (Å²) in [6.45, 7) is 0. The first-order valence-electron chi connectivity index (χ1n) is 4.82. The maximum absolute atomic E-state index is 13.3. The summed E-state index contributed by atoms with van der Waals surface area (Å²) in [6, 6.07) is 8.73. The molecule has 1 aromatic heterocycles. The van der Waals surface area contributed by atoms with Crippen LogP contribution in [0.4, 0.5) is 15.9 Å². The van der Waals surface area contributed by atoms with Crippen molar-refractivity contribution in [3.8, 4) is 0 Å². The first-order chi connectivity index (χ1) is 8.16. The van der Waals surface area contributed by atoms with E-state index in [9.17, 15) is 9.18 Å². The van der Waals surface area contributed by atoms with Crippen molar-refractivity contribution in [2.45, 2.75) is 0 Å². The molecular formula is C11H9FN4O. The number of nitrogens with zero attached hydrogens (tertiary/aromatic N) is 2. The number of carbonyl (C=O) groups excluding carboxylic acids is 1. The zero-order valence-corrected chi connectivity index (χ0v) is 8.72. The highest BCUT2D eigenvalue weighted by molar-refractivity contribution is 6.02. The van der Waals surface area contributed by atoms with Crippen molar-refractivity contribution >= 4 is 17.4 Å². The molecule has 0 fully saturated rings. The Labute approximate surface area is 96.5 Å². The summed E-state index contributed by atoms with van der Waals surface area (Å²) >= 11 is 0. The fourth-order valence-corrected chi connectivity index (χ4v) is 1.21. The third-order valence-electron chi connectivity index (χ3n) is 2.04. The van der Waals surface area contributed by atoms with E-state index in [-0.39, 0.29) is 17.2 Å². The normalized spacial score (nSPS) is 9.94. The zero-order chi connectivity index (χ0) is 12.3. The van der Waals surface area contributed by atoms with Crippen molar-refractivity contribution in [1.82, 2.24) is 10.2 Å². The molecule has 2 aromatic rings. The van der Waals surface area contributed by atoms with E-state index >= 15 is 0 Å². The average molecular weight is 232 g/mol. The van der Waals surface area contributed by atoms with Crippen LogP contribution in [0.1, 0.15) is 10.5 Å². The number of aromatic nitrogens is 2. The van der Waals surface area contributed by atoms with E-state index in [0.717, 1.165) is 0 Å². The van der Waals surface area contributed by atoms with Crippen LogP contribution in [0.5, 0.6) is 0 Å². The van der Waals surface area contributed by atoms with E-state index in [1.807, 2.05) is 0 Å². The number of hydrogen-bond acceptors (Lipinski definition) is 4. The Morgan fingerprint density at radius 3 is 2.59 bits per heavy atom. The molecular weight excluding hydrogens is 223 g/mol. The highest BCUT2D eigenvalue weighted by atomic mass is 19.1. The van der Waals surface area contributed by atoms with Crippen molar-refractivity contribution in [3.63, 3.8) is 0 Å². The molecule has 0 atom stereocenters. The van der Waals surface area contributed by atoms with Crippen LogP contribution in [0.15, 0.2) is 36.4 Å². The lowest BCUT2D eigenvalue weighted by Crippen LogP contribution is -2.15. The molecule has 0 saturated heterocycles. The SMILES string of the molecule is Nc1ccc(C(=O)Nc2ccccc2F)nn1. The van der Waals surface area contributed by atoms with E-state index < -0.39 is 11.7 Å². The smallest absolute Gasteiger partial charge is 0.276 e. The maximum atomic E-state index is 13.3. The minimum atomic E-state index is -0.539. The van der Waals surface area contributed by atoms with Gasteiger partial charge < -0.3 is 11.1 Å². The lowest BCUT2D eigenvalue weighted by molar-refractivity contribution is 0.102. The first-order valence-corrected chi connectivity index (χ1v) is 4.82. The predicted molar refractivity (Wildman–Crippen MR) is 60.8 cm³/mol. The molecule has 0 spiro atoms. The second-order valence-corrected chi connectivity index (χ2v) is 3.28. The van der Waals surface area contributed by atoms with E-state index in [4.69, 9.17) is 5.73 Å². The van der Waals surface area contributed by atoms with Gasteiger partial charge >= 0.3 is 0 Å². The molecule has 0 saturated carbocycles. The Morgan fingerprint density at radius 1 is 1.18 bits per heavy atom. The van der Waals surface area contributed by atoms with Crippen molar-refractivity contribution in [3.05, 3.63) is 47.9 Å². The quantitative estimate of drug-likeness (QED) is 0.821. The molecule has 1 heterocycles. The number of anilines is 2. The molecule has 86 valence electrons. The maximum Gasteiger partial charge on any atom is 0.276 e. The van der Waals surface area contributed by atoms with E-state index in [2.05, 4.69) is 15.5 Å². The predicted octanol–water partition coefficient (Wildman–Crippen LogP) is 1.45. The Hall–Kier alpha value is -2.50. The van der Waals surface area contributed by atoms with Crippen LogP contribution in [0.3, 0.4) is 0 Å². The van der Waals surface area contributed by atoms with Crippen LogP contribution < -0.4 is 11.1 Å². The number of benzene rings is 1. The highest BCUT2D eigenvalue weighted by Crippen LogP contribution is 2.13. The number of carbonyl (C=O) groups is 1. The number of nitrogen functional groups attached to an aromatic ring is 1. The van der Waals surface area contributed by atoms with Gasteiger partial charge in [0.1, 0.15) is 11.6 Å². The molecule has 5 nitrogen and oxygen atoms in total. The van der Waals surface area contributed by atoms with Gasteiger partial charge in [-0.25, -0.2) is 4.39 Å². The number of nitrogens with two attached hydrogens (primary N) is 1. The van der Waals surface area contributed by atoms with Crippen LogP contribution in [-0.2, 0) is 0 Å². The second kappa shape index (κ2) is 4.56. The summed E-state index contributed by atoms with van der Waals surface area (Å²) in [7, 11) is 0. The molecule has 0 aliphatic carbocycles. The molecule has 2 rings (SSSR count). The topological polar surface area (TPSA) is 80.9 Å².